The van der Waals surface area contributed by atoms with E-state index in [1.54, 1.807) is 7.11 Å². The van der Waals surface area contributed by atoms with Gasteiger partial charge in [-0.05, 0) is 96.2 Å². The lowest BCUT2D eigenvalue weighted by Crippen LogP contribution is -2.58. The zero-order valence-electron chi connectivity index (χ0n) is 45.1. The van der Waals surface area contributed by atoms with E-state index in [1.165, 1.54) is 7.11 Å². The van der Waals surface area contributed by atoms with Gasteiger partial charge in [0.15, 0.2) is 5.79 Å². The summed E-state index contributed by atoms with van der Waals surface area (Å²) in [5.74, 6) is -1.05. The average molecular weight is 1050 g/mol. The van der Waals surface area contributed by atoms with Crippen molar-refractivity contribution in [1.82, 2.24) is 15.6 Å². The van der Waals surface area contributed by atoms with Gasteiger partial charge in [0.25, 0.3) is 0 Å². The summed E-state index contributed by atoms with van der Waals surface area (Å²) in [6, 6.07) is 0. The van der Waals surface area contributed by atoms with Crippen LogP contribution in [0.3, 0.4) is 0 Å². The molecule has 20 nitrogen and oxygen atoms in total. The highest BCUT2D eigenvalue weighted by Gasteiger charge is 2.59. The summed E-state index contributed by atoms with van der Waals surface area (Å²) < 4.78 is 76.1. The number of rotatable bonds is 15. The Morgan fingerprint density at radius 2 is 1.58 bits per heavy atom. The van der Waals surface area contributed by atoms with Crippen LogP contribution in [0.15, 0.2) is 29.4 Å². The van der Waals surface area contributed by atoms with E-state index < -0.39 is 54.1 Å². The van der Waals surface area contributed by atoms with E-state index >= 15 is 0 Å². The third kappa shape index (κ3) is 15.0. The highest BCUT2D eigenvalue weighted by Crippen LogP contribution is 2.49. The normalized spacial score (nSPS) is 39.5. The molecular formula is C54H88N4O16. The first kappa shape index (κ1) is 57.3. The van der Waals surface area contributed by atoms with E-state index in [0.29, 0.717) is 116 Å². The number of nitrogens with one attached hydrogen (secondary N) is 2. The lowest BCUT2D eigenvalue weighted by Gasteiger charge is -2.47. The number of hydrogen-bond acceptors (Lipinski definition) is 18. The van der Waals surface area contributed by atoms with Crippen molar-refractivity contribution in [3.8, 4) is 0 Å². The first-order chi connectivity index (χ1) is 35.4. The van der Waals surface area contributed by atoms with Gasteiger partial charge in [0.1, 0.15) is 17.8 Å². The number of aliphatic hydroxyl groups excluding tert-OH is 2. The van der Waals surface area contributed by atoms with Crippen molar-refractivity contribution in [1.29, 1.82) is 0 Å². The largest absolute Gasteiger partial charge is 0.452 e. The van der Waals surface area contributed by atoms with E-state index in [2.05, 4.69) is 30.8 Å². The van der Waals surface area contributed by atoms with Gasteiger partial charge in [-0.1, -0.05) is 20.1 Å². The molecule has 1 unspecified atom stereocenters. The highest BCUT2D eigenvalue weighted by molar-refractivity contribution is 5.86. The fourth-order valence-electron chi connectivity index (χ4n) is 12.6. The number of carbonyl (C=O) groups excluding carboxylic acids is 2. The van der Waals surface area contributed by atoms with Crippen molar-refractivity contribution in [3.63, 3.8) is 0 Å². The monoisotopic (exact) mass is 1050 g/mol. The molecule has 0 aromatic heterocycles. The molecule has 8 heterocycles. The Labute approximate surface area is 438 Å². The van der Waals surface area contributed by atoms with Crippen LogP contribution in [-0.2, 0) is 56.8 Å². The molecule has 1 spiro atoms. The Kier molecular flexibility index (Phi) is 20.0. The number of amides is 2. The fraction of sp³-hybridized carbons (Fsp3) is 0.870. The van der Waals surface area contributed by atoms with Crippen LogP contribution in [0.1, 0.15) is 118 Å². The highest BCUT2D eigenvalue weighted by atomic mass is 16.7. The van der Waals surface area contributed by atoms with Gasteiger partial charge >= 0.3 is 12.2 Å². The molecule has 74 heavy (non-hydrogen) atoms. The molecule has 20 heteroatoms. The standard InChI is InChI=1S/C54H88N4O16/c1-31-22-36-10-12-41-32(2)23-38(67-41)14-15-54-29-40(60)49(73-54)46-28-47(72-54)50-42(70-46)13-11-37(69-50)24-34(56-57-52(62)64-9)25-39-44(27-43(68-36)33(31)3)71-45(48(39)63-8)26-35(59)30-58(7)17-19-66-21-20-65-18-16-55-51(61)74-53(4,5)6/h31,35-50,59-60H,2-3,10-30H2,1,4-9H3,(H,55,61)(H,57,62)/b56-34+/t31-,35+,36+,37?,38+,39+,40-,41+,42+,43-,44+,45-,46-,47-,48-,49+,50+,54-/m1/s1. The maximum absolute atomic E-state index is 12.6. The number of ether oxygens (including phenoxy) is 12. The molecule has 2 amide bonds. The number of hydrogen-bond donors (Lipinski definition) is 4. The summed E-state index contributed by atoms with van der Waals surface area (Å²) >= 11 is 0. The summed E-state index contributed by atoms with van der Waals surface area (Å²) in [6.45, 7) is 19.5. The van der Waals surface area contributed by atoms with Crippen LogP contribution in [0.5, 0.6) is 0 Å². The number of alkyl carbamates (subject to hydrolysis) is 1. The summed E-state index contributed by atoms with van der Waals surface area (Å²) in [5, 5.41) is 30.3. The van der Waals surface area contributed by atoms with Gasteiger partial charge in [0, 0.05) is 76.9 Å². The van der Waals surface area contributed by atoms with Crippen molar-refractivity contribution < 1.29 is 76.6 Å². The first-order valence-corrected chi connectivity index (χ1v) is 27.5. The predicted molar refractivity (Wildman–Crippen MR) is 271 cm³/mol. The van der Waals surface area contributed by atoms with Gasteiger partial charge in [-0.2, -0.15) is 5.10 Å². The fourth-order valence-corrected chi connectivity index (χ4v) is 12.6. The molecule has 8 aliphatic heterocycles. The lowest BCUT2D eigenvalue weighted by molar-refractivity contribution is -0.276. The number of methoxy groups -OCH3 is 2. The van der Waals surface area contributed by atoms with Crippen molar-refractivity contribution in [2.24, 2.45) is 16.9 Å². The van der Waals surface area contributed by atoms with E-state index in [9.17, 15) is 19.8 Å². The molecule has 0 radical (unpaired) electrons. The molecule has 18 atom stereocenters. The van der Waals surface area contributed by atoms with E-state index in [-0.39, 0.29) is 72.9 Å². The van der Waals surface area contributed by atoms with Crippen molar-refractivity contribution in [2.45, 2.75) is 221 Å². The molecule has 0 saturated carbocycles. The van der Waals surface area contributed by atoms with Gasteiger partial charge in [-0.15, -0.1) is 0 Å². The maximum Gasteiger partial charge on any atom is 0.427 e. The topological polar surface area (TPSA) is 225 Å². The third-order valence-corrected chi connectivity index (χ3v) is 16.3. The van der Waals surface area contributed by atoms with Gasteiger partial charge in [0.05, 0.1) is 113 Å². The van der Waals surface area contributed by atoms with E-state index in [0.717, 1.165) is 36.8 Å². The Bertz CT molecular complexity index is 1920. The minimum absolute atomic E-state index is 0.0311. The van der Waals surface area contributed by atoms with E-state index in [4.69, 9.17) is 61.9 Å². The number of hydrazone groups is 1. The minimum Gasteiger partial charge on any atom is -0.452 e. The number of aliphatic hydroxyl groups is 2. The molecule has 10 bridgehead atoms. The van der Waals surface area contributed by atoms with Crippen LogP contribution in [0, 0.1) is 11.8 Å². The summed E-state index contributed by atoms with van der Waals surface area (Å²) in [4.78, 5) is 26.5. The Morgan fingerprint density at radius 3 is 2.35 bits per heavy atom. The second-order valence-electron chi connectivity index (χ2n) is 23.2. The summed E-state index contributed by atoms with van der Waals surface area (Å²) in [6.07, 6.45) is 1.90. The molecule has 8 saturated heterocycles. The molecule has 8 aliphatic rings. The minimum atomic E-state index is -0.999. The van der Waals surface area contributed by atoms with Crippen LogP contribution in [0.4, 0.5) is 9.59 Å². The molecule has 0 aliphatic carbocycles. The average Bonchev–Trinajstić information content (AvgIpc) is 3.96. The van der Waals surface area contributed by atoms with Gasteiger partial charge in [-0.25, -0.2) is 15.0 Å². The van der Waals surface area contributed by atoms with Crippen LogP contribution < -0.4 is 10.7 Å². The summed E-state index contributed by atoms with van der Waals surface area (Å²) in [5.41, 5.74) is 4.83. The van der Waals surface area contributed by atoms with Gasteiger partial charge in [-0.3, -0.25) is 0 Å². The van der Waals surface area contributed by atoms with Crippen LogP contribution in [0.25, 0.3) is 0 Å². The van der Waals surface area contributed by atoms with Gasteiger partial charge < -0.3 is 77.3 Å². The van der Waals surface area contributed by atoms with Crippen LogP contribution in [0.2, 0.25) is 0 Å². The molecule has 0 aromatic carbocycles. The number of nitrogens with zero attached hydrogens (tertiary/aromatic N) is 2. The van der Waals surface area contributed by atoms with Gasteiger partial charge in [0.2, 0.25) is 0 Å². The van der Waals surface area contributed by atoms with Crippen molar-refractivity contribution in [2.75, 3.05) is 67.3 Å². The number of fused-ring (bicyclic) bond motifs is 9. The molecule has 4 N–H and O–H groups in total. The van der Waals surface area contributed by atoms with Crippen molar-refractivity contribution >= 4 is 17.9 Å². The molecule has 8 rings (SSSR count). The Hall–Kier alpha value is -2.83. The number of likely N-dealkylation sites (N-methyl/N-ethyl adjacent to an activating group) is 1. The molecular weight excluding hydrogens is 961 g/mol. The second-order valence-corrected chi connectivity index (χ2v) is 23.2. The first-order valence-electron chi connectivity index (χ1n) is 27.5. The van der Waals surface area contributed by atoms with E-state index in [1.807, 2.05) is 32.7 Å². The molecule has 420 valence electrons. The Balaban J connectivity index is 0.955. The second kappa shape index (κ2) is 25.8. The summed E-state index contributed by atoms with van der Waals surface area (Å²) in [7, 11) is 4.93. The van der Waals surface area contributed by atoms with Crippen LogP contribution >= 0.6 is 0 Å². The third-order valence-electron chi connectivity index (χ3n) is 16.3. The quantitative estimate of drug-likeness (QED) is 0.0952. The maximum atomic E-state index is 12.6. The Morgan fingerprint density at radius 1 is 0.824 bits per heavy atom. The van der Waals surface area contributed by atoms with Crippen LogP contribution in [-0.4, -0.2) is 203 Å². The zero-order chi connectivity index (χ0) is 52.7. The lowest BCUT2D eigenvalue weighted by atomic mass is 9.81. The van der Waals surface area contributed by atoms with Crippen molar-refractivity contribution in [3.05, 3.63) is 24.3 Å². The predicted octanol–water partition coefficient (Wildman–Crippen LogP) is 5.10. The number of carbonyl (C=O) groups is 2. The SMILES string of the molecule is C=C1C[C@@H]2CC[C@]34C[C@@H](O)[C@H](O3)[C@H]3C[C@@H](O4)[C@H]4OC(CC[C@@H]4O3)C/C(=N\NC(=O)OC)C[C@@H]3[C@@H](OC)[C@@H](C[C@H](O)CN(C)CCOCCOCCNC(=O)OC(C)(C)C)O[C@H]3C[C@H]3O[C@@H](CC[C@@H]1O2)C[C@@H](C)C3=C. The smallest absolute Gasteiger partial charge is 0.427 e. The molecule has 0 aromatic rings. The zero-order valence-corrected chi connectivity index (χ0v) is 45.1. The molecule has 8 fully saturated rings.